The number of halogens is 1. The average Bonchev–Trinajstić information content (AvgIpc) is 3.19. The van der Waals surface area contributed by atoms with Gasteiger partial charge in [-0.3, -0.25) is 19.4 Å². The highest BCUT2D eigenvalue weighted by molar-refractivity contribution is 9.10. The molecule has 130 valence electrons. The van der Waals surface area contributed by atoms with Crippen LogP contribution in [0.5, 0.6) is 0 Å². The number of anilines is 1. The Morgan fingerprint density at radius 1 is 1.36 bits per heavy atom. The molecule has 1 atom stereocenters. The van der Waals surface area contributed by atoms with Crippen LogP contribution in [-0.4, -0.2) is 46.5 Å². The molecule has 1 saturated heterocycles. The van der Waals surface area contributed by atoms with Crippen molar-refractivity contribution >= 4 is 50.2 Å². The summed E-state index contributed by atoms with van der Waals surface area (Å²) in [6, 6.07) is 6.48. The summed E-state index contributed by atoms with van der Waals surface area (Å²) in [4.78, 5) is 39.6. The van der Waals surface area contributed by atoms with Crippen LogP contribution in [0.15, 0.2) is 34.2 Å². The molecule has 0 aliphatic carbocycles. The third kappa shape index (κ3) is 3.14. The quantitative estimate of drug-likeness (QED) is 0.755. The summed E-state index contributed by atoms with van der Waals surface area (Å²) < 4.78 is 0.863. The van der Waals surface area contributed by atoms with Crippen molar-refractivity contribution in [2.45, 2.75) is 12.5 Å². The highest BCUT2D eigenvalue weighted by Gasteiger charge is 2.49. The SMILES string of the molecule is CN(C(=O)CN1C(=O)NC(C)(c2ccc(Br)cc2)C1=O)c1nncs1. The molecule has 3 rings (SSSR count). The van der Waals surface area contributed by atoms with Crippen molar-refractivity contribution in [2.24, 2.45) is 0 Å². The van der Waals surface area contributed by atoms with Gasteiger partial charge < -0.3 is 5.32 Å². The molecule has 1 aromatic carbocycles. The normalized spacial score (nSPS) is 19.9. The molecule has 1 aromatic heterocycles. The summed E-state index contributed by atoms with van der Waals surface area (Å²) in [7, 11) is 1.52. The van der Waals surface area contributed by atoms with Crippen molar-refractivity contribution in [3.63, 3.8) is 0 Å². The van der Waals surface area contributed by atoms with E-state index in [1.165, 1.54) is 28.8 Å². The summed E-state index contributed by atoms with van der Waals surface area (Å²) in [5.41, 5.74) is 0.929. The minimum atomic E-state index is -1.21. The fourth-order valence-electron chi connectivity index (χ4n) is 2.48. The Labute approximate surface area is 156 Å². The van der Waals surface area contributed by atoms with E-state index in [9.17, 15) is 14.4 Å². The van der Waals surface area contributed by atoms with E-state index in [0.29, 0.717) is 10.7 Å². The summed E-state index contributed by atoms with van der Waals surface area (Å²) in [6.07, 6.45) is 0. The summed E-state index contributed by atoms with van der Waals surface area (Å²) in [5, 5.41) is 10.5. The van der Waals surface area contributed by atoms with Gasteiger partial charge >= 0.3 is 6.03 Å². The standard InChI is InChI=1S/C15H14BrN5O3S/c1-15(9-3-5-10(16)6-4-9)12(23)21(13(24)18-15)7-11(22)20(2)14-19-17-8-25-14/h3-6,8H,7H2,1-2H3,(H,18,24). The first-order valence-electron chi connectivity index (χ1n) is 7.26. The van der Waals surface area contributed by atoms with E-state index >= 15 is 0 Å². The van der Waals surface area contributed by atoms with Crippen LogP contribution in [0.2, 0.25) is 0 Å². The Hall–Kier alpha value is -2.33. The second-order valence-electron chi connectivity index (χ2n) is 5.63. The van der Waals surface area contributed by atoms with Crippen molar-refractivity contribution in [1.82, 2.24) is 20.4 Å². The maximum absolute atomic E-state index is 12.8. The second-order valence-corrected chi connectivity index (χ2v) is 7.35. The Kier molecular flexibility index (Phi) is 4.56. The van der Waals surface area contributed by atoms with Crippen molar-refractivity contribution < 1.29 is 14.4 Å². The lowest BCUT2D eigenvalue weighted by molar-refractivity contribution is -0.134. The van der Waals surface area contributed by atoms with Gasteiger partial charge in [0.1, 0.15) is 17.6 Å². The number of benzene rings is 1. The number of nitrogens with zero attached hydrogens (tertiary/aromatic N) is 4. The summed E-state index contributed by atoms with van der Waals surface area (Å²) >= 11 is 4.53. The molecule has 1 unspecified atom stereocenters. The van der Waals surface area contributed by atoms with E-state index in [1.807, 2.05) is 0 Å². The molecule has 1 aliphatic heterocycles. The maximum atomic E-state index is 12.8. The molecule has 10 heteroatoms. The predicted octanol–water partition coefficient (Wildman–Crippen LogP) is 1.73. The topological polar surface area (TPSA) is 95.5 Å². The molecule has 1 N–H and O–H groups in total. The van der Waals surface area contributed by atoms with E-state index in [2.05, 4.69) is 31.4 Å². The van der Waals surface area contributed by atoms with Crippen LogP contribution < -0.4 is 10.2 Å². The van der Waals surface area contributed by atoms with Gasteiger partial charge in [-0.15, -0.1) is 10.2 Å². The fraction of sp³-hybridized carbons (Fsp3) is 0.267. The van der Waals surface area contributed by atoms with Crippen LogP contribution in [0.1, 0.15) is 12.5 Å². The van der Waals surface area contributed by atoms with Crippen LogP contribution >= 0.6 is 27.3 Å². The third-order valence-corrected chi connectivity index (χ3v) is 5.29. The number of nitrogens with one attached hydrogen (secondary N) is 1. The number of carbonyl (C=O) groups excluding carboxylic acids is 3. The van der Waals surface area contributed by atoms with E-state index in [1.54, 1.807) is 31.2 Å². The number of carbonyl (C=O) groups is 3. The van der Waals surface area contributed by atoms with Gasteiger partial charge in [-0.25, -0.2) is 4.79 Å². The van der Waals surface area contributed by atoms with Gasteiger partial charge in [0, 0.05) is 11.5 Å². The number of aromatic nitrogens is 2. The molecule has 0 saturated carbocycles. The van der Waals surface area contributed by atoms with E-state index < -0.39 is 23.4 Å². The zero-order valence-electron chi connectivity index (χ0n) is 13.4. The molecule has 4 amide bonds. The number of amides is 4. The largest absolute Gasteiger partial charge is 0.325 e. The molecular formula is C15H14BrN5O3S. The Balaban J connectivity index is 1.79. The smallest absolute Gasteiger partial charge is 0.319 e. The van der Waals surface area contributed by atoms with Crippen molar-refractivity contribution in [3.05, 3.63) is 39.8 Å². The molecule has 0 radical (unpaired) electrons. The number of hydrogen-bond donors (Lipinski definition) is 1. The molecule has 2 heterocycles. The second kappa shape index (κ2) is 6.52. The molecule has 2 aromatic rings. The molecule has 0 spiro atoms. The third-order valence-electron chi connectivity index (χ3n) is 4.00. The Morgan fingerprint density at radius 3 is 2.64 bits per heavy atom. The predicted molar refractivity (Wildman–Crippen MR) is 95.1 cm³/mol. The lowest BCUT2D eigenvalue weighted by Gasteiger charge is -2.22. The zero-order valence-corrected chi connectivity index (χ0v) is 15.8. The number of likely N-dealkylation sites (N-methyl/N-ethyl adjacent to an activating group) is 1. The van der Waals surface area contributed by atoms with Crippen molar-refractivity contribution in [1.29, 1.82) is 0 Å². The van der Waals surface area contributed by atoms with Crippen molar-refractivity contribution in [3.8, 4) is 0 Å². The molecule has 25 heavy (non-hydrogen) atoms. The average molecular weight is 424 g/mol. The van der Waals surface area contributed by atoms with Crippen LogP contribution in [-0.2, 0) is 15.1 Å². The Morgan fingerprint density at radius 2 is 2.04 bits per heavy atom. The molecule has 8 nitrogen and oxygen atoms in total. The number of imide groups is 1. The van der Waals surface area contributed by atoms with Crippen LogP contribution in [0, 0.1) is 0 Å². The van der Waals surface area contributed by atoms with E-state index in [0.717, 1.165) is 9.37 Å². The lowest BCUT2D eigenvalue weighted by atomic mass is 9.92. The first kappa shape index (κ1) is 17.5. The van der Waals surface area contributed by atoms with Gasteiger partial charge in [-0.05, 0) is 24.6 Å². The maximum Gasteiger partial charge on any atom is 0.325 e. The van der Waals surface area contributed by atoms with Crippen LogP contribution in [0.4, 0.5) is 9.93 Å². The van der Waals surface area contributed by atoms with E-state index in [4.69, 9.17) is 0 Å². The first-order chi connectivity index (χ1) is 11.8. The van der Waals surface area contributed by atoms with Gasteiger partial charge in [-0.2, -0.15) is 0 Å². The van der Waals surface area contributed by atoms with Gasteiger partial charge in [0.25, 0.3) is 5.91 Å². The van der Waals surface area contributed by atoms with Crippen LogP contribution in [0.25, 0.3) is 0 Å². The summed E-state index contributed by atoms with van der Waals surface area (Å²) in [6.45, 7) is 1.25. The zero-order chi connectivity index (χ0) is 18.2. The summed E-state index contributed by atoms with van der Waals surface area (Å²) in [5.74, 6) is -0.904. The highest BCUT2D eigenvalue weighted by atomic mass is 79.9. The monoisotopic (exact) mass is 423 g/mol. The van der Waals surface area contributed by atoms with Gasteiger partial charge in [0.2, 0.25) is 11.0 Å². The molecule has 0 bridgehead atoms. The van der Waals surface area contributed by atoms with Crippen molar-refractivity contribution in [2.75, 3.05) is 18.5 Å². The minimum Gasteiger partial charge on any atom is -0.319 e. The lowest BCUT2D eigenvalue weighted by Crippen LogP contribution is -2.43. The number of hydrogen-bond acceptors (Lipinski definition) is 6. The van der Waals surface area contributed by atoms with Gasteiger partial charge in [-0.1, -0.05) is 39.4 Å². The van der Waals surface area contributed by atoms with Crippen LogP contribution in [0.3, 0.4) is 0 Å². The number of urea groups is 1. The number of rotatable bonds is 4. The van der Waals surface area contributed by atoms with E-state index in [-0.39, 0.29) is 6.54 Å². The fourth-order valence-corrected chi connectivity index (χ4v) is 3.29. The Bertz CT molecular complexity index is 826. The first-order valence-corrected chi connectivity index (χ1v) is 8.93. The minimum absolute atomic E-state index is 0.368. The van der Waals surface area contributed by atoms with Gasteiger partial charge in [0.15, 0.2) is 0 Å². The highest BCUT2D eigenvalue weighted by Crippen LogP contribution is 2.29. The molecule has 1 aliphatic rings. The van der Waals surface area contributed by atoms with Gasteiger partial charge in [0.05, 0.1) is 0 Å². The molecular weight excluding hydrogens is 410 g/mol. The molecule has 1 fully saturated rings.